The van der Waals surface area contributed by atoms with E-state index in [1.54, 1.807) is 4.98 Å². The fourth-order valence-corrected chi connectivity index (χ4v) is 1.21. The Morgan fingerprint density at radius 2 is 1.67 bits per heavy atom. The zero-order valence-corrected chi connectivity index (χ0v) is 7.03. The van der Waals surface area contributed by atoms with Gasteiger partial charge in [-0.1, -0.05) is 0 Å². The van der Waals surface area contributed by atoms with Crippen molar-refractivity contribution in [3.05, 3.63) is 44.4 Å². The van der Waals surface area contributed by atoms with Gasteiger partial charge in [0, 0.05) is 0 Å². The van der Waals surface area contributed by atoms with Crippen LogP contribution in [0.5, 0.6) is 0 Å². The van der Waals surface area contributed by atoms with E-state index >= 15 is 0 Å². The molecule has 0 saturated heterocycles. The lowest BCUT2D eigenvalue weighted by atomic mass is 10.2. The minimum atomic E-state index is -1.73. The molecule has 0 atom stereocenters. The Bertz CT molecular complexity index is 659. The maximum absolute atomic E-state index is 13.1. The van der Waals surface area contributed by atoms with Crippen LogP contribution in [0.3, 0.4) is 0 Å². The molecule has 0 spiro atoms. The Balaban J connectivity index is 3.12. The van der Waals surface area contributed by atoms with Crippen LogP contribution in [-0.4, -0.2) is 9.97 Å². The topological polar surface area (TPSA) is 65.7 Å². The highest BCUT2D eigenvalue weighted by molar-refractivity contribution is 5.77. The highest BCUT2D eigenvalue weighted by Crippen LogP contribution is 2.17. The maximum Gasteiger partial charge on any atom is 0.326 e. The van der Waals surface area contributed by atoms with Crippen LogP contribution < -0.4 is 11.2 Å². The van der Waals surface area contributed by atoms with Crippen molar-refractivity contribution in [1.82, 2.24) is 9.97 Å². The highest BCUT2D eigenvalue weighted by Gasteiger charge is 2.15. The second kappa shape index (κ2) is 2.97. The third-order valence-electron chi connectivity index (χ3n) is 1.87. The van der Waals surface area contributed by atoms with Crippen LogP contribution in [0.15, 0.2) is 15.7 Å². The Kier molecular flexibility index (Phi) is 1.88. The van der Waals surface area contributed by atoms with Crippen LogP contribution in [-0.2, 0) is 0 Å². The summed E-state index contributed by atoms with van der Waals surface area (Å²) in [4.78, 5) is 25.5. The molecule has 0 bridgehead atoms. The molecule has 2 aromatic rings. The number of hydrogen-bond acceptors (Lipinski definition) is 2. The van der Waals surface area contributed by atoms with Gasteiger partial charge in [-0.15, -0.1) is 0 Å². The van der Waals surface area contributed by atoms with Crippen molar-refractivity contribution in [2.75, 3.05) is 0 Å². The number of hydrogen-bond donors (Lipinski definition) is 2. The SMILES string of the molecule is O=c1[nH]c(=O)c2cc(F)c(F)c(F)c2[nH]1. The van der Waals surface area contributed by atoms with Crippen molar-refractivity contribution in [2.45, 2.75) is 0 Å². The molecular weight excluding hydrogens is 213 g/mol. The minimum absolute atomic E-state index is 0.453. The molecule has 1 aromatic carbocycles. The van der Waals surface area contributed by atoms with E-state index in [0.29, 0.717) is 6.07 Å². The van der Waals surface area contributed by atoms with E-state index in [9.17, 15) is 22.8 Å². The first-order valence-electron chi connectivity index (χ1n) is 3.80. The van der Waals surface area contributed by atoms with Crippen LogP contribution in [0.4, 0.5) is 13.2 Å². The molecule has 4 nitrogen and oxygen atoms in total. The predicted molar refractivity (Wildman–Crippen MR) is 45.1 cm³/mol. The molecule has 1 heterocycles. The number of rotatable bonds is 0. The first-order valence-corrected chi connectivity index (χ1v) is 3.80. The molecule has 2 rings (SSSR count). The van der Waals surface area contributed by atoms with Gasteiger partial charge in [0.05, 0.1) is 10.9 Å². The second-order valence-electron chi connectivity index (χ2n) is 2.82. The molecule has 78 valence electrons. The first-order chi connectivity index (χ1) is 7.00. The number of aromatic nitrogens is 2. The van der Waals surface area contributed by atoms with E-state index in [1.165, 1.54) is 0 Å². The fourth-order valence-electron chi connectivity index (χ4n) is 1.21. The van der Waals surface area contributed by atoms with Gasteiger partial charge in [-0.2, -0.15) is 0 Å². The first kappa shape index (κ1) is 9.50. The molecule has 2 N–H and O–H groups in total. The number of nitrogens with one attached hydrogen (secondary N) is 2. The summed E-state index contributed by atoms with van der Waals surface area (Å²) in [6.45, 7) is 0. The largest absolute Gasteiger partial charge is 0.326 e. The third kappa shape index (κ3) is 1.32. The van der Waals surface area contributed by atoms with Crippen molar-refractivity contribution < 1.29 is 13.2 Å². The average Bonchev–Trinajstić information content (AvgIpc) is 2.17. The number of benzene rings is 1. The average molecular weight is 216 g/mol. The van der Waals surface area contributed by atoms with Crippen molar-refractivity contribution in [2.24, 2.45) is 0 Å². The van der Waals surface area contributed by atoms with Gasteiger partial charge in [-0.25, -0.2) is 18.0 Å². The summed E-state index contributed by atoms with van der Waals surface area (Å²) in [5.41, 5.74) is -2.62. The van der Waals surface area contributed by atoms with Gasteiger partial charge in [-0.3, -0.25) is 9.78 Å². The highest BCUT2D eigenvalue weighted by atomic mass is 19.2. The van der Waals surface area contributed by atoms with Crippen molar-refractivity contribution in [1.29, 1.82) is 0 Å². The van der Waals surface area contributed by atoms with Crippen LogP contribution in [0.2, 0.25) is 0 Å². The van der Waals surface area contributed by atoms with Gasteiger partial charge in [0.25, 0.3) is 5.56 Å². The summed E-state index contributed by atoms with van der Waals surface area (Å²) < 4.78 is 38.6. The summed E-state index contributed by atoms with van der Waals surface area (Å²) in [6.07, 6.45) is 0. The smallest absolute Gasteiger partial charge is 0.304 e. The van der Waals surface area contributed by atoms with E-state index in [1.807, 2.05) is 4.98 Å². The Morgan fingerprint density at radius 3 is 2.33 bits per heavy atom. The number of aromatic amines is 2. The van der Waals surface area contributed by atoms with Gasteiger partial charge in [-0.05, 0) is 6.07 Å². The summed E-state index contributed by atoms with van der Waals surface area (Å²) >= 11 is 0. The molecule has 0 aliphatic carbocycles. The van der Waals surface area contributed by atoms with Crippen molar-refractivity contribution in [3.8, 4) is 0 Å². The molecule has 0 unspecified atom stereocenters. The molecule has 7 heteroatoms. The van der Waals surface area contributed by atoms with Gasteiger partial charge >= 0.3 is 5.69 Å². The summed E-state index contributed by atoms with van der Waals surface area (Å²) in [6, 6.07) is 0.516. The zero-order chi connectivity index (χ0) is 11.2. The molecule has 0 radical (unpaired) electrons. The molecule has 0 amide bonds. The third-order valence-corrected chi connectivity index (χ3v) is 1.87. The van der Waals surface area contributed by atoms with Crippen molar-refractivity contribution in [3.63, 3.8) is 0 Å². The van der Waals surface area contributed by atoms with Gasteiger partial charge in [0.1, 0.15) is 0 Å². The van der Waals surface area contributed by atoms with Crippen molar-refractivity contribution >= 4 is 10.9 Å². The molecule has 0 aliphatic heterocycles. The van der Waals surface area contributed by atoms with Crippen LogP contribution in [0.1, 0.15) is 0 Å². The summed E-state index contributed by atoms with van der Waals surface area (Å²) in [7, 11) is 0. The standard InChI is InChI=1S/C8H3F3N2O2/c9-3-1-2-6(5(11)4(3)10)12-8(15)13-7(2)14/h1H,(H2,12,13,14,15). The van der Waals surface area contributed by atoms with E-state index in [4.69, 9.17) is 0 Å². The quantitative estimate of drug-likeness (QED) is 0.634. The molecule has 1 aromatic heterocycles. The van der Waals surface area contributed by atoms with E-state index in [-0.39, 0.29) is 0 Å². The molecule has 0 saturated carbocycles. The Morgan fingerprint density at radius 1 is 1.00 bits per heavy atom. The molecular formula is C8H3F3N2O2. The van der Waals surface area contributed by atoms with E-state index in [0.717, 1.165) is 0 Å². The lowest BCUT2D eigenvalue weighted by Crippen LogP contribution is -2.23. The zero-order valence-electron chi connectivity index (χ0n) is 7.03. The van der Waals surface area contributed by atoms with E-state index < -0.39 is 39.6 Å². The minimum Gasteiger partial charge on any atom is -0.304 e. The molecule has 0 aliphatic rings. The number of fused-ring (bicyclic) bond motifs is 1. The second-order valence-corrected chi connectivity index (χ2v) is 2.82. The Labute approximate surface area is 79.4 Å². The fraction of sp³-hybridized carbons (Fsp3) is 0. The monoisotopic (exact) mass is 216 g/mol. The summed E-state index contributed by atoms with van der Waals surface area (Å²) in [5, 5.41) is -0.453. The van der Waals surface area contributed by atoms with Crippen LogP contribution in [0.25, 0.3) is 10.9 Å². The predicted octanol–water partition coefficient (Wildman–Crippen LogP) is 0.634. The molecule has 0 fully saturated rings. The van der Waals surface area contributed by atoms with Crippen LogP contribution in [0, 0.1) is 17.5 Å². The normalized spacial score (nSPS) is 10.9. The summed E-state index contributed by atoms with van der Waals surface area (Å²) in [5.74, 6) is -4.81. The molecule has 15 heavy (non-hydrogen) atoms. The lowest BCUT2D eigenvalue weighted by Gasteiger charge is -2.00. The maximum atomic E-state index is 13.1. The number of halogens is 3. The number of H-pyrrole nitrogens is 2. The van der Waals surface area contributed by atoms with Gasteiger partial charge in [0.2, 0.25) is 0 Å². The van der Waals surface area contributed by atoms with Gasteiger partial charge in [0.15, 0.2) is 17.5 Å². The Hall–Kier alpha value is -2.05. The van der Waals surface area contributed by atoms with Crippen LogP contribution >= 0.6 is 0 Å². The lowest BCUT2D eigenvalue weighted by molar-refractivity contribution is 0.452. The van der Waals surface area contributed by atoms with Gasteiger partial charge < -0.3 is 4.98 Å². The van der Waals surface area contributed by atoms with E-state index in [2.05, 4.69) is 0 Å².